The lowest BCUT2D eigenvalue weighted by molar-refractivity contribution is 0.629. The van der Waals surface area contributed by atoms with Crippen LogP contribution in [0.4, 0.5) is 4.39 Å². The molecular formula is C15H11ClFN3. The molecule has 0 atom stereocenters. The van der Waals surface area contributed by atoms with Crippen molar-refractivity contribution in [3.05, 3.63) is 46.4 Å². The van der Waals surface area contributed by atoms with Crippen molar-refractivity contribution in [1.29, 1.82) is 5.26 Å². The van der Waals surface area contributed by atoms with E-state index in [-0.39, 0.29) is 10.6 Å². The molecule has 0 bridgehead atoms. The summed E-state index contributed by atoms with van der Waals surface area (Å²) < 4.78 is 13.3. The molecule has 0 spiro atoms. The third-order valence-corrected chi connectivity index (χ3v) is 3.17. The van der Waals surface area contributed by atoms with Crippen molar-refractivity contribution in [2.24, 2.45) is 4.99 Å². The van der Waals surface area contributed by atoms with E-state index in [4.69, 9.17) is 11.6 Å². The zero-order valence-corrected chi connectivity index (χ0v) is 11.7. The first-order chi connectivity index (χ1) is 9.62. The highest BCUT2D eigenvalue weighted by Gasteiger charge is 2.16. The third-order valence-electron chi connectivity index (χ3n) is 2.78. The number of hydrogen-bond donors (Lipinski definition) is 0. The van der Waals surface area contributed by atoms with Gasteiger partial charge in [-0.1, -0.05) is 17.7 Å². The Kier molecular flexibility index (Phi) is 4.11. The molecule has 0 fully saturated rings. The van der Waals surface area contributed by atoms with E-state index in [0.717, 1.165) is 0 Å². The Bertz CT molecular complexity index is 773. The summed E-state index contributed by atoms with van der Waals surface area (Å²) in [6, 6.07) is 6.13. The second-order valence-electron chi connectivity index (χ2n) is 3.98. The van der Waals surface area contributed by atoms with E-state index in [2.05, 4.69) is 9.98 Å². The van der Waals surface area contributed by atoms with E-state index < -0.39 is 5.82 Å². The lowest BCUT2D eigenvalue weighted by Gasteiger charge is -2.09. The molecule has 0 unspecified atom stereocenters. The Morgan fingerprint density at radius 3 is 2.80 bits per heavy atom. The highest BCUT2D eigenvalue weighted by molar-refractivity contribution is 6.36. The first-order valence-electron chi connectivity index (χ1n) is 5.96. The maximum Gasteiger partial charge on any atom is 0.125 e. The van der Waals surface area contributed by atoms with Gasteiger partial charge in [-0.15, -0.1) is 0 Å². The maximum absolute atomic E-state index is 13.3. The van der Waals surface area contributed by atoms with Crippen LogP contribution in [0.25, 0.3) is 16.6 Å². The van der Waals surface area contributed by atoms with Gasteiger partial charge in [0, 0.05) is 17.7 Å². The van der Waals surface area contributed by atoms with Gasteiger partial charge in [0.1, 0.15) is 17.6 Å². The van der Waals surface area contributed by atoms with E-state index >= 15 is 0 Å². The molecule has 0 aliphatic heterocycles. The summed E-state index contributed by atoms with van der Waals surface area (Å²) in [7, 11) is 0. The predicted octanol–water partition coefficient (Wildman–Crippen LogP) is 4.35. The summed E-state index contributed by atoms with van der Waals surface area (Å²) in [5.74, 6) is -0.405. The monoisotopic (exact) mass is 287 g/mol. The lowest BCUT2D eigenvalue weighted by Crippen LogP contribution is -1.97. The fraction of sp³-hybridized carbons (Fsp3) is 0.133. The molecule has 1 aromatic heterocycles. The van der Waals surface area contributed by atoms with Crippen LogP contribution in [0.2, 0.25) is 5.02 Å². The molecule has 0 N–H and O–H groups in total. The highest BCUT2D eigenvalue weighted by Crippen LogP contribution is 2.31. The first-order valence-corrected chi connectivity index (χ1v) is 6.34. The Labute approximate surface area is 121 Å². The highest BCUT2D eigenvalue weighted by atomic mass is 35.5. The van der Waals surface area contributed by atoms with Crippen LogP contribution in [0.15, 0.2) is 29.3 Å². The summed E-state index contributed by atoms with van der Waals surface area (Å²) in [5, 5.41) is 10.1. The number of fused-ring (bicyclic) bond motifs is 1. The van der Waals surface area contributed by atoms with Crippen molar-refractivity contribution in [2.45, 2.75) is 13.8 Å². The Morgan fingerprint density at radius 1 is 1.45 bits per heavy atom. The third kappa shape index (κ3) is 2.40. The molecular weight excluding hydrogens is 277 g/mol. The van der Waals surface area contributed by atoms with Crippen LogP contribution in [0.1, 0.15) is 25.1 Å². The molecule has 0 aliphatic rings. The van der Waals surface area contributed by atoms with Crippen molar-refractivity contribution in [3.63, 3.8) is 0 Å². The van der Waals surface area contributed by atoms with E-state index in [9.17, 15) is 9.65 Å². The Morgan fingerprint density at radius 2 is 2.20 bits per heavy atom. The number of aromatic nitrogens is 1. The zero-order chi connectivity index (χ0) is 14.7. The van der Waals surface area contributed by atoms with Crippen molar-refractivity contribution < 1.29 is 4.39 Å². The largest absolute Gasteiger partial charge is 0.260 e. The molecule has 5 heteroatoms. The molecule has 1 aromatic carbocycles. The maximum atomic E-state index is 13.3. The average Bonchev–Trinajstić information content (AvgIpc) is 2.44. The first kappa shape index (κ1) is 14.2. The van der Waals surface area contributed by atoms with Gasteiger partial charge in [-0.05, 0) is 26.0 Å². The number of nitriles is 1. The molecule has 20 heavy (non-hydrogen) atoms. The number of allylic oxidation sites excluding steroid dienone is 1. The summed E-state index contributed by atoms with van der Waals surface area (Å²) in [4.78, 5) is 8.49. The minimum atomic E-state index is -0.405. The van der Waals surface area contributed by atoms with Crippen molar-refractivity contribution in [3.8, 4) is 6.07 Å². The van der Waals surface area contributed by atoms with Crippen LogP contribution in [-0.4, -0.2) is 11.2 Å². The van der Waals surface area contributed by atoms with E-state index in [1.54, 1.807) is 26.1 Å². The van der Waals surface area contributed by atoms with E-state index in [1.807, 2.05) is 6.07 Å². The van der Waals surface area contributed by atoms with Gasteiger partial charge in [-0.25, -0.2) is 9.37 Å². The molecule has 2 aromatic rings. The van der Waals surface area contributed by atoms with Gasteiger partial charge in [0.25, 0.3) is 0 Å². The summed E-state index contributed by atoms with van der Waals surface area (Å²) in [5.41, 5.74) is 1.52. The van der Waals surface area contributed by atoms with Crippen molar-refractivity contribution in [2.75, 3.05) is 0 Å². The van der Waals surface area contributed by atoms with Gasteiger partial charge < -0.3 is 0 Å². The summed E-state index contributed by atoms with van der Waals surface area (Å²) >= 11 is 6.24. The molecule has 0 aliphatic carbocycles. The van der Waals surface area contributed by atoms with Gasteiger partial charge in [-0.2, -0.15) is 5.26 Å². The molecule has 3 nitrogen and oxygen atoms in total. The van der Waals surface area contributed by atoms with Gasteiger partial charge in [-0.3, -0.25) is 4.99 Å². The molecule has 0 saturated heterocycles. The molecule has 0 saturated carbocycles. The quantitative estimate of drug-likeness (QED) is 0.771. The molecule has 0 amide bonds. The van der Waals surface area contributed by atoms with E-state index in [0.29, 0.717) is 22.3 Å². The van der Waals surface area contributed by atoms with Gasteiger partial charge in [0.2, 0.25) is 0 Å². The van der Waals surface area contributed by atoms with Crippen LogP contribution in [-0.2, 0) is 0 Å². The number of halogens is 2. The van der Waals surface area contributed by atoms with Crippen molar-refractivity contribution >= 4 is 34.4 Å². The number of pyridine rings is 1. The predicted molar refractivity (Wildman–Crippen MR) is 79.2 cm³/mol. The minimum Gasteiger partial charge on any atom is -0.260 e. The number of rotatable bonds is 2. The Hall–Kier alpha value is -2.25. The van der Waals surface area contributed by atoms with Crippen molar-refractivity contribution in [1.82, 2.24) is 4.98 Å². The molecule has 0 radical (unpaired) electrons. The molecule has 2 rings (SSSR count). The number of hydrogen-bond acceptors (Lipinski definition) is 3. The average molecular weight is 288 g/mol. The second kappa shape index (κ2) is 5.81. The Balaban J connectivity index is 2.87. The topological polar surface area (TPSA) is 49.0 Å². The summed E-state index contributed by atoms with van der Waals surface area (Å²) in [6.07, 6.45) is 3.33. The number of nitrogens with zero attached hydrogens (tertiary/aromatic N) is 3. The second-order valence-corrected chi connectivity index (χ2v) is 4.36. The molecule has 100 valence electrons. The zero-order valence-electron chi connectivity index (χ0n) is 11.0. The van der Waals surface area contributed by atoms with Crippen LogP contribution in [0.5, 0.6) is 0 Å². The SMILES string of the molecule is CC=NC(=CC)c1nc2cc(F)ccc2c(Cl)c1C#N. The standard InChI is InChI=1S/C15H11ClFN3/c1-3-12(19-4-2)15-11(8-18)14(16)10-6-5-9(17)7-13(10)20-15/h3-7H,1-2H3. The number of benzene rings is 1. The van der Waals surface area contributed by atoms with Gasteiger partial charge in [0.15, 0.2) is 0 Å². The van der Waals surface area contributed by atoms with Crippen LogP contribution in [0, 0.1) is 17.1 Å². The smallest absolute Gasteiger partial charge is 0.125 e. The van der Waals surface area contributed by atoms with Crippen LogP contribution in [0.3, 0.4) is 0 Å². The normalized spacial score (nSPS) is 12.1. The fourth-order valence-corrected chi connectivity index (χ4v) is 2.19. The lowest BCUT2D eigenvalue weighted by atomic mass is 10.1. The number of aliphatic imine (C=N–C) groups is 1. The van der Waals surface area contributed by atoms with Gasteiger partial charge in [0.05, 0.1) is 21.8 Å². The van der Waals surface area contributed by atoms with Gasteiger partial charge >= 0.3 is 0 Å². The minimum absolute atomic E-state index is 0.240. The van der Waals surface area contributed by atoms with E-state index in [1.165, 1.54) is 18.2 Å². The van der Waals surface area contributed by atoms with Crippen LogP contribution < -0.4 is 0 Å². The molecule has 1 heterocycles. The van der Waals surface area contributed by atoms with Crippen LogP contribution >= 0.6 is 11.6 Å². The fourth-order valence-electron chi connectivity index (χ4n) is 1.90. The summed E-state index contributed by atoms with van der Waals surface area (Å²) in [6.45, 7) is 3.55.